The van der Waals surface area contributed by atoms with E-state index >= 15 is 0 Å². The number of aliphatic hydroxyl groups is 1. The largest absolute Gasteiger partial charge is 0.392 e. The Morgan fingerprint density at radius 3 is 2.50 bits per heavy atom. The quantitative estimate of drug-likeness (QED) is 0.789. The van der Waals surface area contributed by atoms with Gasteiger partial charge >= 0.3 is 0 Å². The minimum absolute atomic E-state index is 0.117. The second-order valence-corrected chi connectivity index (χ2v) is 5.99. The molecule has 1 nitrogen and oxygen atoms in total. The van der Waals surface area contributed by atoms with Gasteiger partial charge in [-0.05, 0) is 31.9 Å². The highest BCUT2D eigenvalue weighted by Gasteiger charge is 2.22. The smallest absolute Gasteiger partial charge is 0.0662 e. The van der Waals surface area contributed by atoms with Crippen LogP contribution in [0.15, 0.2) is 29.2 Å². The van der Waals surface area contributed by atoms with Gasteiger partial charge in [0.1, 0.15) is 0 Å². The van der Waals surface area contributed by atoms with Crippen LogP contribution in [-0.4, -0.2) is 16.5 Å². The van der Waals surface area contributed by atoms with E-state index < -0.39 is 0 Å². The molecule has 1 aliphatic rings. The van der Waals surface area contributed by atoms with E-state index in [0.717, 1.165) is 12.8 Å². The molecule has 2 unspecified atom stereocenters. The number of thioether (sulfide) groups is 1. The maximum Gasteiger partial charge on any atom is 0.0662 e. The minimum atomic E-state index is -0.117. The van der Waals surface area contributed by atoms with Crippen molar-refractivity contribution in [3.63, 3.8) is 0 Å². The summed E-state index contributed by atoms with van der Waals surface area (Å²) >= 11 is 1.84. The van der Waals surface area contributed by atoms with Crippen LogP contribution in [0.4, 0.5) is 0 Å². The Kier molecular flexibility index (Phi) is 4.30. The Bertz CT molecular complexity index is 320. The average Bonchev–Trinajstić information content (AvgIpc) is 2.48. The fourth-order valence-electron chi connectivity index (χ4n) is 2.18. The lowest BCUT2D eigenvalue weighted by Crippen LogP contribution is -2.21. The molecular weight excluding hydrogens is 216 g/mol. The molecule has 0 saturated heterocycles. The molecule has 0 spiro atoms. The summed E-state index contributed by atoms with van der Waals surface area (Å²) in [5.41, 5.74) is 1.30. The molecule has 2 rings (SSSR count). The first-order valence-electron chi connectivity index (χ1n) is 6.17. The van der Waals surface area contributed by atoms with Crippen LogP contribution in [0.25, 0.3) is 0 Å². The number of rotatable bonds is 2. The summed E-state index contributed by atoms with van der Waals surface area (Å²) < 4.78 is 0. The van der Waals surface area contributed by atoms with Gasteiger partial charge in [-0.1, -0.05) is 37.0 Å². The van der Waals surface area contributed by atoms with Crippen molar-refractivity contribution in [2.45, 2.75) is 55.3 Å². The predicted octanol–water partition coefficient (Wildman–Crippen LogP) is 3.78. The van der Waals surface area contributed by atoms with Crippen molar-refractivity contribution < 1.29 is 5.11 Å². The van der Waals surface area contributed by atoms with Crippen molar-refractivity contribution in [1.82, 2.24) is 0 Å². The van der Waals surface area contributed by atoms with Crippen LogP contribution < -0.4 is 0 Å². The summed E-state index contributed by atoms with van der Waals surface area (Å²) in [5.74, 6) is 0. The normalized spacial score (nSPS) is 26.4. The first-order chi connectivity index (χ1) is 7.75. The summed E-state index contributed by atoms with van der Waals surface area (Å²) in [6.45, 7) is 2.11. The Hall–Kier alpha value is -0.470. The highest BCUT2D eigenvalue weighted by molar-refractivity contribution is 8.00. The first kappa shape index (κ1) is 12.0. The molecule has 0 bridgehead atoms. The topological polar surface area (TPSA) is 20.2 Å². The molecule has 0 amide bonds. The highest BCUT2D eigenvalue weighted by Crippen LogP contribution is 2.33. The predicted molar refractivity (Wildman–Crippen MR) is 69.9 cm³/mol. The van der Waals surface area contributed by atoms with Crippen LogP contribution in [0.1, 0.15) is 37.7 Å². The molecule has 88 valence electrons. The number of hydrogen-bond donors (Lipinski definition) is 1. The molecule has 1 fully saturated rings. The Labute approximate surface area is 102 Å². The number of benzene rings is 1. The molecule has 2 heteroatoms. The SMILES string of the molecule is Cc1ccc(SC2CCCCCC2O)cc1. The van der Waals surface area contributed by atoms with Gasteiger partial charge in [0.05, 0.1) is 6.10 Å². The van der Waals surface area contributed by atoms with Crippen molar-refractivity contribution in [2.24, 2.45) is 0 Å². The van der Waals surface area contributed by atoms with Crippen LogP contribution in [0.2, 0.25) is 0 Å². The molecule has 1 aromatic rings. The van der Waals surface area contributed by atoms with E-state index in [0.29, 0.717) is 5.25 Å². The Morgan fingerprint density at radius 2 is 1.75 bits per heavy atom. The van der Waals surface area contributed by atoms with Crippen LogP contribution in [0.3, 0.4) is 0 Å². The van der Waals surface area contributed by atoms with Gasteiger partial charge in [-0.2, -0.15) is 0 Å². The van der Waals surface area contributed by atoms with Crippen LogP contribution in [-0.2, 0) is 0 Å². The molecule has 16 heavy (non-hydrogen) atoms. The van der Waals surface area contributed by atoms with E-state index in [1.807, 2.05) is 11.8 Å². The molecule has 1 N–H and O–H groups in total. The maximum absolute atomic E-state index is 10.0. The standard InChI is InChI=1S/C14H20OS/c1-11-7-9-12(10-8-11)16-14-6-4-2-3-5-13(14)15/h7-10,13-15H,2-6H2,1H3. The summed E-state index contributed by atoms with van der Waals surface area (Å²) in [5, 5.41) is 10.4. The molecular formula is C14H20OS. The molecule has 1 aromatic carbocycles. The third-order valence-electron chi connectivity index (χ3n) is 3.23. The minimum Gasteiger partial charge on any atom is -0.392 e. The summed E-state index contributed by atoms with van der Waals surface area (Å²) in [7, 11) is 0. The van der Waals surface area contributed by atoms with Crippen molar-refractivity contribution in [3.05, 3.63) is 29.8 Å². The van der Waals surface area contributed by atoms with E-state index in [4.69, 9.17) is 0 Å². The lowest BCUT2D eigenvalue weighted by atomic mass is 10.1. The van der Waals surface area contributed by atoms with E-state index in [9.17, 15) is 5.11 Å². The van der Waals surface area contributed by atoms with Gasteiger partial charge in [-0.3, -0.25) is 0 Å². The summed E-state index contributed by atoms with van der Waals surface area (Å²) in [4.78, 5) is 1.29. The fourth-order valence-corrected chi connectivity index (χ4v) is 3.40. The maximum atomic E-state index is 10.0. The van der Waals surface area contributed by atoms with Gasteiger partial charge in [-0.25, -0.2) is 0 Å². The van der Waals surface area contributed by atoms with Crippen molar-refractivity contribution in [3.8, 4) is 0 Å². The summed E-state index contributed by atoms with van der Waals surface area (Å²) in [6, 6.07) is 8.62. The van der Waals surface area contributed by atoms with Crippen LogP contribution in [0.5, 0.6) is 0 Å². The monoisotopic (exact) mass is 236 g/mol. The zero-order valence-corrected chi connectivity index (χ0v) is 10.7. The molecule has 0 radical (unpaired) electrons. The first-order valence-corrected chi connectivity index (χ1v) is 7.05. The third kappa shape index (κ3) is 3.26. The van der Waals surface area contributed by atoms with Crippen molar-refractivity contribution in [1.29, 1.82) is 0 Å². The van der Waals surface area contributed by atoms with Crippen molar-refractivity contribution in [2.75, 3.05) is 0 Å². The molecule has 1 saturated carbocycles. The second-order valence-electron chi connectivity index (χ2n) is 4.67. The molecule has 0 aliphatic heterocycles. The van der Waals surface area contributed by atoms with Gasteiger partial charge in [0, 0.05) is 10.1 Å². The number of aliphatic hydroxyl groups excluding tert-OH is 1. The van der Waals surface area contributed by atoms with E-state index in [1.165, 1.54) is 29.7 Å². The molecule has 0 heterocycles. The van der Waals surface area contributed by atoms with E-state index in [1.54, 1.807) is 0 Å². The van der Waals surface area contributed by atoms with Gasteiger partial charge < -0.3 is 5.11 Å². The third-order valence-corrected chi connectivity index (χ3v) is 4.62. The molecule has 0 aromatic heterocycles. The molecule has 1 aliphatic carbocycles. The Morgan fingerprint density at radius 1 is 1.06 bits per heavy atom. The van der Waals surface area contributed by atoms with Gasteiger partial charge in [-0.15, -0.1) is 11.8 Å². The van der Waals surface area contributed by atoms with Crippen LogP contribution in [0, 0.1) is 6.92 Å². The number of hydrogen-bond acceptors (Lipinski definition) is 2. The molecule has 2 atom stereocenters. The van der Waals surface area contributed by atoms with Gasteiger partial charge in [0.2, 0.25) is 0 Å². The second kappa shape index (κ2) is 5.74. The van der Waals surface area contributed by atoms with Crippen molar-refractivity contribution >= 4 is 11.8 Å². The van der Waals surface area contributed by atoms with Crippen LogP contribution >= 0.6 is 11.8 Å². The highest BCUT2D eigenvalue weighted by atomic mass is 32.2. The Balaban J connectivity index is 1.99. The zero-order chi connectivity index (χ0) is 11.4. The van der Waals surface area contributed by atoms with E-state index in [2.05, 4.69) is 31.2 Å². The number of aryl methyl sites for hydroxylation is 1. The fraction of sp³-hybridized carbons (Fsp3) is 0.571. The van der Waals surface area contributed by atoms with Gasteiger partial charge in [0.25, 0.3) is 0 Å². The lowest BCUT2D eigenvalue weighted by Gasteiger charge is -2.19. The zero-order valence-electron chi connectivity index (χ0n) is 9.86. The van der Waals surface area contributed by atoms with E-state index in [-0.39, 0.29) is 6.10 Å². The average molecular weight is 236 g/mol. The lowest BCUT2D eigenvalue weighted by molar-refractivity contribution is 0.163. The van der Waals surface area contributed by atoms with Gasteiger partial charge in [0.15, 0.2) is 0 Å². The summed E-state index contributed by atoms with van der Waals surface area (Å²) in [6.07, 6.45) is 5.74.